The van der Waals surface area contributed by atoms with Crippen molar-refractivity contribution in [3.05, 3.63) is 0 Å². The maximum Gasteiger partial charge on any atom is 0.192 e. The van der Waals surface area contributed by atoms with Gasteiger partial charge >= 0.3 is 0 Å². The van der Waals surface area contributed by atoms with Crippen molar-refractivity contribution in [3.8, 4) is 0 Å². The van der Waals surface area contributed by atoms with Crippen molar-refractivity contribution in [2.24, 2.45) is 0 Å². The van der Waals surface area contributed by atoms with Crippen molar-refractivity contribution in [1.82, 2.24) is 0 Å². The molecule has 0 amide bonds. The van der Waals surface area contributed by atoms with Crippen molar-refractivity contribution in [2.75, 3.05) is 6.61 Å². The van der Waals surface area contributed by atoms with Gasteiger partial charge in [-0.2, -0.15) is 0 Å². The van der Waals surface area contributed by atoms with Gasteiger partial charge in [-0.25, -0.2) is 0 Å². The zero-order chi connectivity index (χ0) is 12.1. The van der Waals surface area contributed by atoms with E-state index >= 15 is 0 Å². The third kappa shape index (κ3) is 5.69. The van der Waals surface area contributed by atoms with Crippen LogP contribution in [0.15, 0.2) is 0 Å². The third-order valence-corrected chi connectivity index (χ3v) is 7.83. The second-order valence-electron chi connectivity index (χ2n) is 5.87. The molecule has 0 radical (unpaired) electrons. The summed E-state index contributed by atoms with van der Waals surface area (Å²) < 4.78 is 5.94. The van der Waals surface area contributed by atoms with Crippen LogP contribution in [0.5, 0.6) is 0 Å². The van der Waals surface area contributed by atoms with Crippen LogP contribution in [-0.4, -0.2) is 26.1 Å². The maximum atomic E-state index is 9.71. The molecule has 0 aromatic heterocycles. The number of unbranched alkanes of at least 4 members (excludes halogenated alkanes) is 1. The fraction of sp³-hybridized carbons (Fsp3) is 1.00. The topological polar surface area (TPSA) is 29.5 Å². The summed E-state index contributed by atoms with van der Waals surface area (Å²) in [5, 5.41) is 9.94. The van der Waals surface area contributed by atoms with E-state index in [1.165, 1.54) is 0 Å². The molecule has 0 aliphatic heterocycles. The van der Waals surface area contributed by atoms with Gasteiger partial charge in [-0.05, 0) is 24.6 Å². The molecular weight excluding hydrogens is 204 g/mol. The Morgan fingerprint density at radius 2 is 1.80 bits per heavy atom. The summed E-state index contributed by atoms with van der Waals surface area (Å²) in [5.41, 5.74) is 0. The van der Waals surface area contributed by atoms with Gasteiger partial charge in [-0.1, -0.05) is 40.5 Å². The molecule has 0 aromatic carbocycles. The summed E-state index contributed by atoms with van der Waals surface area (Å²) in [7, 11) is -1.67. The molecule has 0 rings (SSSR count). The lowest BCUT2D eigenvalue weighted by Crippen LogP contribution is -2.42. The highest BCUT2D eigenvalue weighted by Crippen LogP contribution is 2.36. The predicted molar refractivity (Wildman–Crippen MR) is 68.7 cm³/mol. The van der Waals surface area contributed by atoms with Crippen LogP contribution in [0, 0.1) is 0 Å². The first-order chi connectivity index (χ1) is 6.70. The predicted octanol–water partition coefficient (Wildman–Crippen LogP) is 3.56. The molecule has 92 valence electrons. The van der Waals surface area contributed by atoms with Gasteiger partial charge in [0.2, 0.25) is 0 Å². The number of aliphatic hydroxyl groups excluding tert-OH is 1. The molecule has 3 heteroatoms. The Morgan fingerprint density at radius 3 is 2.20 bits per heavy atom. The average molecular weight is 232 g/mol. The first-order valence-electron chi connectivity index (χ1n) is 6.02. The monoisotopic (exact) mass is 232 g/mol. The Bertz CT molecular complexity index is 173. The van der Waals surface area contributed by atoms with E-state index in [1.807, 2.05) is 0 Å². The lowest BCUT2D eigenvalue weighted by molar-refractivity contribution is 0.0910. The molecule has 0 fully saturated rings. The SMILES string of the molecule is CCCC[C@H](O)CO[Si](C)(C)C(C)(C)C. The maximum absolute atomic E-state index is 9.71. The van der Waals surface area contributed by atoms with Crippen LogP contribution in [0.25, 0.3) is 0 Å². The van der Waals surface area contributed by atoms with Crippen molar-refractivity contribution >= 4 is 8.32 Å². The minimum atomic E-state index is -1.67. The largest absolute Gasteiger partial charge is 0.414 e. The molecule has 0 spiro atoms. The van der Waals surface area contributed by atoms with Crippen molar-refractivity contribution < 1.29 is 9.53 Å². The molecule has 0 aliphatic rings. The van der Waals surface area contributed by atoms with Crippen LogP contribution in [0.3, 0.4) is 0 Å². The molecule has 2 nitrogen and oxygen atoms in total. The average Bonchev–Trinajstić information content (AvgIpc) is 2.09. The van der Waals surface area contributed by atoms with Crippen molar-refractivity contribution in [2.45, 2.75) is 71.2 Å². The van der Waals surface area contributed by atoms with Crippen LogP contribution in [-0.2, 0) is 4.43 Å². The van der Waals surface area contributed by atoms with Gasteiger partial charge in [-0.3, -0.25) is 0 Å². The lowest BCUT2D eigenvalue weighted by Gasteiger charge is -2.36. The second kappa shape index (κ2) is 6.02. The van der Waals surface area contributed by atoms with Crippen molar-refractivity contribution in [1.29, 1.82) is 0 Å². The summed E-state index contributed by atoms with van der Waals surface area (Å²) in [4.78, 5) is 0. The van der Waals surface area contributed by atoms with Gasteiger partial charge in [0.05, 0.1) is 12.7 Å². The van der Waals surface area contributed by atoms with E-state index in [4.69, 9.17) is 4.43 Å². The molecular formula is C12H28O2Si. The molecule has 0 aromatic rings. The summed E-state index contributed by atoms with van der Waals surface area (Å²) in [6, 6.07) is 0. The van der Waals surface area contributed by atoms with Crippen LogP contribution in [0.1, 0.15) is 47.0 Å². The molecule has 0 heterocycles. The summed E-state index contributed by atoms with van der Waals surface area (Å²) in [5.74, 6) is 0. The van der Waals surface area contributed by atoms with E-state index in [2.05, 4.69) is 40.8 Å². The number of aliphatic hydroxyl groups is 1. The molecule has 15 heavy (non-hydrogen) atoms. The summed E-state index contributed by atoms with van der Waals surface area (Å²) in [6.07, 6.45) is 2.81. The summed E-state index contributed by atoms with van der Waals surface area (Å²) >= 11 is 0. The molecule has 1 atom stereocenters. The van der Waals surface area contributed by atoms with E-state index in [9.17, 15) is 5.11 Å². The molecule has 0 unspecified atom stereocenters. The normalized spacial score (nSPS) is 15.4. The smallest absolute Gasteiger partial charge is 0.192 e. The highest BCUT2D eigenvalue weighted by molar-refractivity contribution is 6.74. The first-order valence-corrected chi connectivity index (χ1v) is 8.93. The zero-order valence-electron chi connectivity index (χ0n) is 11.3. The van der Waals surface area contributed by atoms with Crippen LogP contribution in [0.2, 0.25) is 18.1 Å². The van der Waals surface area contributed by atoms with Crippen molar-refractivity contribution in [3.63, 3.8) is 0 Å². The Balaban J connectivity index is 3.93. The van der Waals surface area contributed by atoms with E-state index < -0.39 is 8.32 Å². The van der Waals surface area contributed by atoms with Gasteiger partial charge < -0.3 is 9.53 Å². The minimum absolute atomic E-state index is 0.234. The van der Waals surface area contributed by atoms with E-state index in [0.717, 1.165) is 19.3 Å². The van der Waals surface area contributed by atoms with Gasteiger partial charge in [0, 0.05) is 0 Å². The van der Waals surface area contributed by atoms with Gasteiger partial charge in [0.15, 0.2) is 8.32 Å². The molecule has 0 saturated carbocycles. The van der Waals surface area contributed by atoms with Crippen LogP contribution >= 0.6 is 0 Å². The van der Waals surface area contributed by atoms with Gasteiger partial charge in [-0.15, -0.1) is 0 Å². The van der Waals surface area contributed by atoms with Crippen LogP contribution in [0.4, 0.5) is 0 Å². The highest BCUT2D eigenvalue weighted by Gasteiger charge is 2.37. The Morgan fingerprint density at radius 1 is 1.27 bits per heavy atom. The molecule has 1 N–H and O–H groups in total. The third-order valence-electron chi connectivity index (χ3n) is 3.33. The standard InChI is InChI=1S/C12H28O2Si/c1-7-8-9-11(13)10-14-15(5,6)12(2,3)4/h11,13H,7-10H2,1-6H3/t11-/m0/s1. The number of hydrogen-bond donors (Lipinski definition) is 1. The Kier molecular flexibility index (Phi) is 6.07. The second-order valence-corrected chi connectivity index (χ2v) is 10.7. The fourth-order valence-corrected chi connectivity index (χ4v) is 2.09. The number of rotatable bonds is 6. The van der Waals surface area contributed by atoms with E-state index in [0.29, 0.717) is 6.61 Å². The minimum Gasteiger partial charge on any atom is -0.414 e. The van der Waals surface area contributed by atoms with E-state index in [1.54, 1.807) is 0 Å². The molecule has 0 aliphatic carbocycles. The van der Waals surface area contributed by atoms with Gasteiger partial charge in [0.1, 0.15) is 0 Å². The summed E-state index contributed by atoms with van der Waals surface area (Å²) in [6.45, 7) is 13.8. The molecule has 0 bridgehead atoms. The Hall–Kier alpha value is 0.137. The lowest BCUT2D eigenvalue weighted by atomic mass is 10.2. The van der Waals surface area contributed by atoms with Crippen LogP contribution < -0.4 is 0 Å². The zero-order valence-corrected chi connectivity index (χ0v) is 12.3. The highest BCUT2D eigenvalue weighted by atomic mass is 28.4. The fourth-order valence-electron chi connectivity index (χ4n) is 1.04. The quantitative estimate of drug-likeness (QED) is 0.710. The Labute approximate surface area is 96.2 Å². The van der Waals surface area contributed by atoms with Gasteiger partial charge in [0.25, 0.3) is 0 Å². The van der Waals surface area contributed by atoms with E-state index in [-0.39, 0.29) is 11.1 Å². The number of hydrogen-bond acceptors (Lipinski definition) is 2. The first kappa shape index (κ1) is 15.1. The molecule has 0 saturated heterocycles.